The Morgan fingerprint density at radius 3 is 2.68 bits per heavy atom. The zero-order valence-electron chi connectivity index (χ0n) is 16.4. The van der Waals surface area contributed by atoms with Gasteiger partial charge in [0.25, 0.3) is 5.56 Å². The van der Waals surface area contributed by atoms with Crippen LogP contribution in [0.4, 0.5) is 0 Å². The minimum Gasteiger partial charge on any atom is -0.379 e. The molecule has 4 rings (SSSR count). The highest BCUT2D eigenvalue weighted by Crippen LogP contribution is 2.16. The highest BCUT2D eigenvalue weighted by Gasteiger charge is 2.20. The van der Waals surface area contributed by atoms with Gasteiger partial charge in [0.1, 0.15) is 0 Å². The molecule has 1 aliphatic heterocycles. The molecule has 0 bridgehead atoms. The summed E-state index contributed by atoms with van der Waals surface area (Å²) in [6, 6.07) is 0. The molecule has 1 fully saturated rings. The number of hydrogen-bond donors (Lipinski definition) is 0. The van der Waals surface area contributed by atoms with Gasteiger partial charge in [-0.3, -0.25) is 23.2 Å². The van der Waals surface area contributed by atoms with E-state index in [1.807, 2.05) is 13.1 Å². The average molecular weight is 386 g/mol. The number of rotatable bonds is 6. The van der Waals surface area contributed by atoms with Crippen molar-refractivity contribution in [2.45, 2.75) is 26.4 Å². The monoisotopic (exact) mass is 386 g/mol. The quantitative estimate of drug-likeness (QED) is 0.572. The van der Waals surface area contributed by atoms with Gasteiger partial charge in [0, 0.05) is 51.7 Å². The first-order chi connectivity index (χ1) is 13.5. The van der Waals surface area contributed by atoms with Crippen LogP contribution in [0.3, 0.4) is 0 Å². The number of nitrogens with zero attached hydrogens (tertiary/aromatic N) is 6. The molecule has 9 heteroatoms. The molecule has 0 spiro atoms. The first-order valence-electron chi connectivity index (χ1n) is 9.61. The predicted octanol–water partition coefficient (Wildman–Crippen LogP) is 0.366. The summed E-state index contributed by atoms with van der Waals surface area (Å²) in [5.41, 5.74) is 1.15. The van der Waals surface area contributed by atoms with Gasteiger partial charge in [-0.15, -0.1) is 6.58 Å². The van der Waals surface area contributed by atoms with Crippen LogP contribution in [0.1, 0.15) is 12.1 Å². The molecule has 28 heavy (non-hydrogen) atoms. The third-order valence-corrected chi connectivity index (χ3v) is 5.41. The van der Waals surface area contributed by atoms with Crippen molar-refractivity contribution >= 4 is 16.9 Å². The molecule has 0 amide bonds. The summed E-state index contributed by atoms with van der Waals surface area (Å²) in [6.45, 7) is 11.2. The van der Waals surface area contributed by atoms with E-state index in [0.717, 1.165) is 51.5 Å². The van der Waals surface area contributed by atoms with E-state index in [1.165, 1.54) is 9.13 Å². The van der Waals surface area contributed by atoms with E-state index in [2.05, 4.69) is 21.0 Å². The predicted molar refractivity (Wildman–Crippen MR) is 107 cm³/mol. The van der Waals surface area contributed by atoms with E-state index < -0.39 is 0 Å². The fourth-order valence-corrected chi connectivity index (χ4v) is 3.90. The number of fused-ring (bicyclic) bond motifs is 3. The second-order valence-corrected chi connectivity index (χ2v) is 7.23. The van der Waals surface area contributed by atoms with E-state index in [4.69, 9.17) is 4.74 Å². The highest BCUT2D eigenvalue weighted by molar-refractivity contribution is 5.75. The van der Waals surface area contributed by atoms with Crippen molar-refractivity contribution in [1.82, 2.24) is 28.0 Å². The van der Waals surface area contributed by atoms with Crippen LogP contribution in [0.25, 0.3) is 16.9 Å². The van der Waals surface area contributed by atoms with Crippen LogP contribution in [-0.2, 0) is 24.9 Å². The second kappa shape index (κ2) is 7.40. The maximum absolute atomic E-state index is 12.9. The van der Waals surface area contributed by atoms with Gasteiger partial charge in [-0.05, 0) is 13.3 Å². The first-order valence-corrected chi connectivity index (χ1v) is 9.61. The highest BCUT2D eigenvalue weighted by atomic mass is 16.5. The SMILES string of the molecule is C=CCn1c(=O)c2c(nc3n(CCCN4CCOCC4)c(C)cn23)n(C)c1=O. The van der Waals surface area contributed by atoms with Crippen molar-refractivity contribution in [2.75, 3.05) is 32.8 Å². The van der Waals surface area contributed by atoms with Crippen molar-refractivity contribution in [3.05, 3.63) is 45.4 Å². The number of morpholine rings is 1. The van der Waals surface area contributed by atoms with Crippen LogP contribution in [-0.4, -0.2) is 60.8 Å². The van der Waals surface area contributed by atoms with E-state index in [-0.39, 0.29) is 17.8 Å². The van der Waals surface area contributed by atoms with Crippen molar-refractivity contribution in [3.8, 4) is 0 Å². The van der Waals surface area contributed by atoms with Crippen molar-refractivity contribution in [1.29, 1.82) is 0 Å². The lowest BCUT2D eigenvalue weighted by Crippen LogP contribution is -2.39. The summed E-state index contributed by atoms with van der Waals surface area (Å²) >= 11 is 0. The third-order valence-electron chi connectivity index (χ3n) is 5.41. The fourth-order valence-electron chi connectivity index (χ4n) is 3.90. The van der Waals surface area contributed by atoms with Crippen LogP contribution in [0.5, 0.6) is 0 Å². The number of aryl methyl sites for hydroxylation is 3. The Morgan fingerprint density at radius 2 is 1.96 bits per heavy atom. The number of imidazole rings is 2. The van der Waals surface area contributed by atoms with Crippen LogP contribution in [0.2, 0.25) is 0 Å². The lowest BCUT2D eigenvalue weighted by atomic mass is 10.3. The van der Waals surface area contributed by atoms with E-state index in [9.17, 15) is 9.59 Å². The Bertz CT molecular complexity index is 1140. The molecule has 4 heterocycles. The maximum Gasteiger partial charge on any atom is 0.332 e. The van der Waals surface area contributed by atoms with Gasteiger partial charge >= 0.3 is 5.69 Å². The third kappa shape index (κ3) is 3.00. The lowest BCUT2D eigenvalue weighted by Gasteiger charge is -2.26. The summed E-state index contributed by atoms with van der Waals surface area (Å²) in [7, 11) is 1.64. The molecule has 9 nitrogen and oxygen atoms in total. The lowest BCUT2D eigenvalue weighted by molar-refractivity contribution is 0.0369. The Labute approximate surface area is 162 Å². The Balaban J connectivity index is 1.72. The van der Waals surface area contributed by atoms with Gasteiger partial charge in [0.2, 0.25) is 5.78 Å². The summed E-state index contributed by atoms with van der Waals surface area (Å²) in [4.78, 5) is 32.5. The average Bonchev–Trinajstić information content (AvgIpc) is 3.20. The zero-order chi connectivity index (χ0) is 19.8. The maximum atomic E-state index is 12.9. The summed E-state index contributed by atoms with van der Waals surface area (Å²) in [5, 5.41) is 0. The second-order valence-electron chi connectivity index (χ2n) is 7.23. The van der Waals surface area contributed by atoms with Gasteiger partial charge < -0.3 is 9.30 Å². The van der Waals surface area contributed by atoms with Crippen LogP contribution in [0, 0.1) is 6.92 Å². The van der Waals surface area contributed by atoms with Crippen molar-refractivity contribution in [2.24, 2.45) is 7.05 Å². The van der Waals surface area contributed by atoms with Gasteiger partial charge in [0.15, 0.2) is 11.2 Å². The fraction of sp³-hybridized carbons (Fsp3) is 0.526. The molecule has 0 atom stereocenters. The van der Waals surface area contributed by atoms with Gasteiger partial charge in [-0.1, -0.05) is 6.08 Å². The number of allylic oxidation sites excluding steroid dienone is 1. The van der Waals surface area contributed by atoms with Gasteiger partial charge in [-0.2, -0.15) is 4.98 Å². The largest absolute Gasteiger partial charge is 0.379 e. The molecule has 1 aliphatic rings. The van der Waals surface area contributed by atoms with Gasteiger partial charge in [-0.25, -0.2) is 4.79 Å². The van der Waals surface area contributed by atoms with Crippen molar-refractivity contribution < 1.29 is 4.74 Å². The molecular weight excluding hydrogens is 360 g/mol. The molecule has 3 aromatic heterocycles. The van der Waals surface area contributed by atoms with Crippen LogP contribution in [0.15, 0.2) is 28.4 Å². The number of aromatic nitrogens is 5. The minimum absolute atomic E-state index is 0.175. The molecule has 0 unspecified atom stereocenters. The molecule has 1 saturated heterocycles. The molecule has 150 valence electrons. The molecule has 0 N–H and O–H groups in total. The zero-order valence-corrected chi connectivity index (χ0v) is 16.4. The Morgan fingerprint density at radius 1 is 1.21 bits per heavy atom. The van der Waals surface area contributed by atoms with Crippen molar-refractivity contribution in [3.63, 3.8) is 0 Å². The van der Waals surface area contributed by atoms with Crippen LogP contribution < -0.4 is 11.2 Å². The standard InChI is InChI=1S/C19H26N6O3/c1-4-6-24-17(26)15-16(21(3)19(24)27)20-18-23(14(2)13-25(15)18)8-5-7-22-9-11-28-12-10-22/h4,13H,1,5-12H2,2-3H3. The smallest absolute Gasteiger partial charge is 0.332 e. The minimum atomic E-state index is -0.381. The van der Waals surface area contributed by atoms with Gasteiger partial charge in [0.05, 0.1) is 13.2 Å². The summed E-state index contributed by atoms with van der Waals surface area (Å²) < 4.78 is 11.9. The topological polar surface area (TPSA) is 78.7 Å². The van der Waals surface area contributed by atoms with E-state index in [0.29, 0.717) is 16.9 Å². The van der Waals surface area contributed by atoms with E-state index >= 15 is 0 Å². The molecular formula is C19H26N6O3. The first kappa shape index (κ1) is 18.7. The molecule has 3 aromatic rings. The number of ether oxygens (including phenoxy) is 1. The Kier molecular flexibility index (Phi) is 4.94. The summed E-state index contributed by atoms with van der Waals surface area (Å²) in [6.07, 6.45) is 4.45. The normalized spacial score (nSPS) is 15.6. The molecule has 0 aromatic carbocycles. The molecule has 0 saturated carbocycles. The number of hydrogen-bond acceptors (Lipinski definition) is 5. The summed E-state index contributed by atoms with van der Waals surface area (Å²) in [5.74, 6) is 0.693. The molecule has 0 radical (unpaired) electrons. The molecule has 0 aliphatic carbocycles. The van der Waals surface area contributed by atoms with E-state index in [1.54, 1.807) is 17.5 Å². The Hall–Kier alpha value is -2.65. The van der Waals surface area contributed by atoms with Crippen LogP contribution >= 0.6 is 0 Å².